The maximum Gasteiger partial charge on any atom is 0.0509 e. The van der Waals surface area contributed by atoms with Crippen LogP contribution in [0, 0.1) is 11.8 Å². The summed E-state index contributed by atoms with van der Waals surface area (Å²) in [7, 11) is 0. The van der Waals surface area contributed by atoms with Crippen molar-refractivity contribution in [3.8, 4) is 0 Å². The molecule has 100 valence electrons. The van der Waals surface area contributed by atoms with Crippen LogP contribution < -0.4 is 5.32 Å². The van der Waals surface area contributed by atoms with Gasteiger partial charge < -0.3 is 14.8 Å². The van der Waals surface area contributed by atoms with Gasteiger partial charge in [0.2, 0.25) is 0 Å². The summed E-state index contributed by atoms with van der Waals surface area (Å²) in [6.07, 6.45) is 6.37. The fourth-order valence-corrected chi connectivity index (χ4v) is 2.88. The van der Waals surface area contributed by atoms with Crippen LogP contribution in [0.15, 0.2) is 0 Å². The summed E-state index contributed by atoms with van der Waals surface area (Å²) in [4.78, 5) is 0. The molecule has 0 radical (unpaired) electrons. The summed E-state index contributed by atoms with van der Waals surface area (Å²) in [5.74, 6) is 1.60. The molecule has 0 amide bonds. The molecule has 2 rings (SSSR count). The number of rotatable bonds is 5. The zero-order chi connectivity index (χ0) is 11.9. The lowest BCUT2D eigenvalue weighted by atomic mass is 9.93. The van der Waals surface area contributed by atoms with Crippen LogP contribution in [-0.2, 0) is 9.47 Å². The lowest BCUT2D eigenvalue weighted by molar-refractivity contribution is 0.0406. The summed E-state index contributed by atoms with van der Waals surface area (Å²) in [5.41, 5.74) is 0. The lowest BCUT2D eigenvalue weighted by Crippen LogP contribution is -2.39. The molecule has 0 spiro atoms. The van der Waals surface area contributed by atoms with Crippen LogP contribution in [0.5, 0.6) is 0 Å². The van der Waals surface area contributed by atoms with Crippen molar-refractivity contribution in [2.75, 3.05) is 33.0 Å². The van der Waals surface area contributed by atoms with Gasteiger partial charge in [0.05, 0.1) is 6.61 Å². The van der Waals surface area contributed by atoms with Gasteiger partial charge in [-0.15, -0.1) is 0 Å². The second kappa shape index (κ2) is 7.34. The molecule has 3 nitrogen and oxygen atoms in total. The van der Waals surface area contributed by atoms with Crippen molar-refractivity contribution < 1.29 is 9.47 Å². The Bertz CT molecular complexity index is 198. The van der Waals surface area contributed by atoms with Crippen LogP contribution in [0.25, 0.3) is 0 Å². The van der Waals surface area contributed by atoms with E-state index < -0.39 is 0 Å². The first kappa shape index (κ1) is 13.3. The largest absolute Gasteiger partial charge is 0.381 e. The van der Waals surface area contributed by atoms with Crippen molar-refractivity contribution >= 4 is 0 Å². The van der Waals surface area contributed by atoms with E-state index in [9.17, 15) is 0 Å². The Balaban J connectivity index is 1.57. The molecule has 2 heterocycles. The van der Waals surface area contributed by atoms with Gasteiger partial charge in [-0.3, -0.25) is 0 Å². The molecule has 0 aromatic rings. The third kappa shape index (κ3) is 4.57. The van der Waals surface area contributed by atoms with Gasteiger partial charge in [-0.05, 0) is 57.4 Å². The Morgan fingerprint density at radius 1 is 1.12 bits per heavy atom. The van der Waals surface area contributed by atoms with Crippen LogP contribution in [0.4, 0.5) is 0 Å². The van der Waals surface area contributed by atoms with E-state index in [4.69, 9.17) is 9.47 Å². The Morgan fingerprint density at radius 2 is 1.94 bits per heavy atom. The highest BCUT2D eigenvalue weighted by molar-refractivity contribution is 4.75. The fraction of sp³-hybridized carbons (Fsp3) is 1.00. The maximum atomic E-state index is 5.54. The average Bonchev–Trinajstić information content (AvgIpc) is 2.41. The molecule has 2 saturated heterocycles. The summed E-state index contributed by atoms with van der Waals surface area (Å²) >= 11 is 0. The molecule has 0 unspecified atom stereocenters. The van der Waals surface area contributed by atoms with Gasteiger partial charge in [0.1, 0.15) is 0 Å². The van der Waals surface area contributed by atoms with Gasteiger partial charge in [0.25, 0.3) is 0 Å². The third-order valence-corrected chi connectivity index (χ3v) is 4.26. The molecular weight excluding hydrogens is 214 g/mol. The highest BCUT2D eigenvalue weighted by Gasteiger charge is 2.20. The number of ether oxygens (including phenoxy) is 2. The summed E-state index contributed by atoms with van der Waals surface area (Å²) in [5, 5.41) is 3.68. The highest BCUT2D eigenvalue weighted by atomic mass is 16.5. The predicted octanol–water partition coefficient (Wildman–Crippen LogP) is 2.21. The van der Waals surface area contributed by atoms with E-state index in [1.807, 2.05) is 0 Å². The van der Waals surface area contributed by atoms with Crippen molar-refractivity contribution in [3.63, 3.8) is 0 Å². The van der Waals surface area contributed by atoms with Crippen molar-refractivity contribution in [1.82, 2.24) is 5.32 Å². The highest BCUT2D eigenvalue weighted by Crippen LogP contribution is 2.19. The maximum absolute atomic E-state index is 5.54. The van der Waals surface area contributed by atoms with E-state index in [0.29, 0.717) is 6.04 Å². The number of hydrogen-bond donors (Lipinski definition) is 1. The van der Waals surface area contributed by atoms with E-state index in [1.165, 1.54) is 32.1 Å². The first-order chi connectivity index (χ1) is 8.36. The molecule has 17 heavy (non-hydrogen) atoms. The topological polar surface area (TPSA) is 30.5 Å². The fourth-order valence-electron chi connectivity index (χ4n) is 2.88. The molecule has 0 bridgehead atoms. The quantitative estimate of drug-likeness (QED) is 0.800. The second-order valence-electron chi connectivity index (χ2n) is 5.56. The van der Waals surface area contributed by atoms with E-state index in [-0.39, 0.29) is 0 Å². The van der Waals surface area contributed by atoms with Gasteiger partial charge in [-0.1, -0.05) is 0 Å². The number of nitrogens with one attached hydrogen (secondary N) is 1. The van der Waals surface area contributed by atoms with E-state index in [2.05, 4.69) is 12.2 Å². The minimum atomic E-state index is 0.607. The minimum Gasteiger partial charge on any atom is -0.381 e. The Labute approximate surface area is 105 Å². The smallest absolute Gasteiger partial charge is 0.0509 e. The van der Waals surface area contributed by atoms with Crippen LogP contribution in [0.2, 0.25) is 0 Å². The molecule has 2 fully saturated rings. The van der Waals surface area contributed by atoms with Crippen LogP contribution >= 0.6 is 0 Å². The van der Waals surface area contributed by atoms with E-state index in [1.54, 1.807) is 0 Å². The Morgan fingerprint density at radius 3 is 2.65 bits per heavy atom. The van der Waals surface area contributed by atoms with Gasteiger partial charge >= 0.3 is 0 Å². The SMILES string of the molecule is C[C@H](NCCC1CCOCC1)[C@@H]1CCCOC1. The molecule has 3 heteroatoms. The van der Waals surface area contributed by atoms with E-state index >= 15 is 0 Å². The van der Waals surface area contributed by atoms with Gasteiger partial charge in [-0.2, -0.15) is 0 Å². The zero-order valence-corrected chi connectivity index (χ0v) is 11.1. The summed E-state index contributed by atoms with van der Waals surface area (Å²) < 4.78 is 10.9. The van der Waals surface area contributed by atoms with Crippen LogP contribution in [-0.4, -0.2) is 39.0 Å². The second-order valence-corrected chi connectivity index (χ2v) is 5.56. The number of hydrogen-bond acceptors (Lipinski definition) is 3. The van der Waals surface area contributed by atoms with Gasteiger partial charge in [0, 0.05) is 25.9 Å². The molecule has 1 N–H and O–H groups in total. The molecule has 0 aromatic heterocycles. The molecule has 0 aromatic carbocycles. The van der Waals surface area contributed by atoms with Crippen molar-refractivity contribution in [2.45, 2.75) is 45.1 Å². The lowest BCUT2D eigenvalue weighted by Gasteiger charge is -2.29. The first-order valence-corrected chi connectivity index (χ1v) is 7.25. The Kier molecular flexibility index (Phi) is 5.75. The van der Waals surface area contributed by atoms with Crippen molar-refractivity contribution in [3.05, 3.63) is 0 Å². The predicted molar refractivity (Wildman–Crippen MR) is 69.2 cm³/mol. The monoisotopic (exact) mass is 241 g/mol. The molecule has 2 atom stereocenters. The summed E-state index contributed by atoms with van der Waals surface area (Å²) in [6, 6.07) is 0.607. The summed E-state index contributed by atoms with van der Waals surface area (Å²) in [6.45, 7) is 7.32. The molecule has 2 aliphatic heterocycles. The molecule has 0 saturated carbocycles. The standard InChI is InChI=1S/C14H27NO2/c1-12(14-3-2-8-17-11-14)15-7-4-13-5-9-16-10-6-13/h12-15H,2-11H2,1H3/t12-,14+/m0/s1. The third-order valence-electron chi connectivity index (χ3n) is 4.26. The molecule has 2 aliphatic rings. The first-order valence-electron chi connectivity index (χ1n) is 7.25. The minimum absolute atomic E-state index is 0.607. The van der Waals surface area contributed by atoms with Crippen LogP contribution in [0.1, 0.15) is 39.0 Å². The zero-order valence-electron chi connectivity index (χ0n) is 11.1. The van der Waals surface area contributed by atoms with E-state index in [0.717, 1.165) is 44.8 Å². The van der Waals surface area contributed by atoms with Crippen molar-refractivity contribution in [1.29, 1.82) is 0 Å². The molecule has 0 aliphatic carbocycles. The molecular formula is C14H27NO2. The normalized spacial score (nSPS) is 29.1. The van der Waals surface area contributed by atoms with Crippen molar-refractivity contribution in [2.24, 2.45) is 11.8 Å². The van der Waals surface area contributed by atoms with Gasteiger partial charge in [0.15, 0.2) is 0 Å². The van der Waals surface area contributed by atoms with Crippen LogP contribution in [0.3, 0.4) is 0 Å². The van der Waals surface area contributed by atoms with Gasteiger partial charge in [-0.25, -0.2) is 0 Å². The average molecular weight is 241 g/mol. The Hall–Kier alpha value is -0.120.